The van der Waals surface area contributed by atoms with Crippen LogP contribution in [-0.2, 0) is 9.47 Å². The van der Waals surface area contributed by atoms with Gasteiger partial charge in [-0.1, -0.05) is 70.1 Å². The molecule has 0 bridgehead atoms. The van der Waals surface area contributed by atoms with Gasteiger partial charge in [0.2, 0.25) is 0 Å². The smallest absolute Gasteiger partial charge is 0.157 e. The Bertz CT molecular complexity index is 543. The predicted octanol–water partition coefficient (Wildman–Crippen LogP) is 7.10. The summed E-state index contributed by atoms with van der Waals surface area (Å²) in [6, 6.07) is 12.1. The topological polar surface area (TPSA) is 21.7 Å². The van der Waals surface area contributed by atoms with Crippen LogP contribution in [0.3, 0.4) is 0 Å². The molecule has 3 heteroatoms. The molecule has 4 atom stereocenters. The minimum absolute atomic E-state index is 0.0310. The van der Waals surface area contributed by atoms with Crippen LogP contribution in [0.15, 0.2) is 30.3 Å². The van der Waals surface area contributed by atoms with Crippen molar-refractivity contribution >= 4 is 5.69 Å². The van der Waals surface area contributed by atoms with Gasteiger partial charge in [0, 0.05) is 24.4 Å². The van der Waals surface area contributed by atoms with Crippen LogP contribution in [0.4, 0.5) is 5.69 Å². The molecule has 2 fully saturated rings. The van der Waals surface area contributed by atoms with E-state index in [-0.39, 0.29) is 6.29 Å². The number of anilines is 1. The Hall–Kier alpha value is -1.06. The lowest BCUT2D eigenvalue weighted by molar-refractivity contribution is -0.194. The highest BCUT2D eigenvalue weighted by Crippen LogP contribution is 2.34. The maximum atomic E-state index is 6.44. The molecule has 0 radical (unpaired) electrons. The largest absolute Gasteiger partial charge is 0.366 e. The van der Waals surface area contributed by atoms with Gasteiger partial charge in [-0.25, -0.2) is 0 Å². The van der Waals surface area contributed by atoms with Gasteiger partial charge in [-0.2, -0.15) is 0 Å². The molecule has 2 aliphatic rings. The van der Waals surface area contributed by atoms with Gasteiger partial charge < -0.3 is 14.4 Å². The molecule has 1 unspecified atom stereocenters. The maximum Gasteiger partial charge on any atom is 0.157 e. The summed E-state index contributed by atoms with van der Waals surface area (Å²) in [4.78, 5) is 2.68. The fourth-order valence-corrected chi connectivity index (χ4v) is 5.17. The molecule has 0 N–H and O–H groups in total. The summed E-state index contributed by atoms with van der Waals surface area (Å²) in [6.45, 7) is 5.53. The molecule has 0 saturated carbocycles. The molecule has 1 aromatic rings. The molecule has 0 aliphatic carbocycles. The molecule has 0 aromatic heterocycles. The Kier molecular flexibility index (Phi) is 9.82. The molecule has 0 spiro atoms. The Balaban J connectivity index is 1.55. The van der Waals surface area contributed by atoms with Crippen molar-refractivity contribution < 1.29 is 9.47 Å². The van der Waals surface area contributed by atoms with Crippen molar-refractivity contribution in [1.29, 1.82) is 0 Å². The number of hydrogen-bond acceptors (Lipinski definition) is 3. The van der Waals surface area contributed by atoms with E-state index in [4.69, 9.17) is 9.47 Å². The average molecular weight is 402 g/mol. The third kappa shape index (κ3) is 7.29. The van der Waals surface area contributed by atoms with E-state index in [1.807, 2.05) is 0 Å². The number of unbranched alkanes of at least 4 members (excludes halogenated alkanes) is 6. The van der Waals surface area contributed by atoms with Gasteiger partial charge in [0.25, 0.3) is 0 Å². The van der Waals surface area contributed by atoms with Crippen LogP contribution in [0.5, 0.6) is 0 Å². The van der Waals surface area contributed by atoms with Gasteiger partial charge in [0.05, 0.1) is 6.10 Å². The third-order valence-electron chi connectivity index (χ3n) is 6.68. The minimum Gasteiger partial charge on any atom is -0.366 e. The van der Waals surface area contributed by atoms with E-state index in [0.717, 1.165) is 25.9 Å². The van der Waals surface area contributed by atoms with Crippen LogP contribution in [0.1, 0.15) is 97.3 Å². The van der Waals surface area contributed by atoms with E-state index < -0.39 is 0 Å². The highest BCUT2D eigenvalue weighted by molar-refractivity contribution is 5.48. The summed E-state index contributed by atoms with van der Waals surface area (Å²) in [5, 5.41) is 0. The first-order valence-corrected chi connectivity index (χ1v) is 12.4. The Morgan fingerprint density at radius 2 is 1.72 bits per heavy atom. The number of para-hydroxylation sites is 1. The fourth-order valence-electron chi connectivity index (χ4n) is 5.17. The summed E-state index contributed by atoms with van der Waals surface area (Å²) >= 11 is 0. The van der Waals surface area contributed by atoms with Gasteiger partial charge in [0.1, 0.15) is 0 Å². The molecular weight excluding hydrogens is 358 g/mol. The zero-order valence-corrected chi connectivity index (χ0v) is 18.9. The minimum atomic E-state index is 0.0310. The molecule has 164 valence electrons. The van der Waals surface area contributed by atoms with Gasteiger partial charge in [-0.15, -0.1) is 0 Å². The first-order chi connectivity index (χ1) is 14.3. The quantitative estimate of drug-likeness (QED) is 0.369. The SMILES string of the molecule is CCCCCCCCC[C@H]1C[C@@H](OC2CCCCO2)C[C@@H](C)N1c1ccccc1. The van der Waals surface area contributed by atoms with E-state index in [1.165, 1.54) is 69.9 Å². The number of ether oxygens (including phenoxy) is 2. The van der Waals surface area contributed by atoms with Crippen LogP contribution >= 0.6 is 0 Å². The van der Waals surface area contributed by atoms with Crippen molar-refractivity contribution in [1.82, 2.24) is 0 Å². The van der Waals surface area contributed by atoms with E-state index >= 15 is 0 Å². The van der Waals surface area contributed by atoms with Crippen LogP contribution in [0, 0.1) is 0 Å². The second-order valence-electron chi connectivity index (χ2n) is 9.18. The summed E-state index contributed by atoms with van der Waals surface area (Å²) in [5.41, 5.74) is 1.38. The Morgan fingerprint density at radius 1 is 0.966 bits per heavy atom. The van der Waals surface area contributed by atoms with Gasteiger partial charge in [0.15, 0.2) is 6.29 Å². The number of nitrogens with zero attached hydrogens (tertiary/aromatic N) is 1. The zero-order valence-electron chi connectivity index (χ0n) is 18.9. The number of rotatable bonds is 11. The van der Waals surface area contributed by atoms with E-state index in [1.54, 1.807) is 0 Å². The first kappa shape index (κ1) is 22.6. The molecule has 1 aromatic carbocycles. The van der Waals surface area contributed by atoms with Gasteiger partial charge in [-0.3, -0.25) is 0 Å². The van der Waals surface area contributed by atoms with Crippen LogP contribution < -0.4 is 4.90 Å². The second-order valence-corrected chi connectivity index (χ2v) is 9.18. The predicted molar refractivity (Wildman–Crippen MR) is 122 cm³/mol. The van der Waals surface area contributed by atoms with E-state index in [2.05, 4.69) is 49.1 Å². The van der Waals surface area contributed by atoms with E-state index in [9.17, 15) is 0 Å². The first-order valence-electron chi connectivity index (χ1n) is 12.4. The Morgan fingerprint density at radius 3 is 2.45 bits per heavy atom. The molecule has 2 saturated heterocycles. The van der Waals surface area contributed by atoms with Crippen LogP contribution in [0.2, 0.25) is 0 Å². The number of benzene rings is 1. The lowest BCUT2D eigenvalue weighted by Gasteiger charge is -2.46. The lowest BCUT2D eigenvalue weighted by atomic mass is 9.89. The summed E-state index contributed by atoms with van der Waals surface area (Å²) in [7, 11) is 0. The fraction of sp³-hybridized carbons (Fsp3) is 0.769. The maximum absolute atomic E-state index is 6.44. The summed E-state index contributed by atoms with van der Waals surface area (Å²) in [5.74, 6) is 0. The van der Waals surface area contributed by atoms with E-state index in [0.29, 0.717) is 18.2 Å². The number of piperidine rings is 1. The van der Waals surface area contributed by atoms with Crippen LogP contribution in [-0.4, -0.2) is 31.1 Å². The monoisotopic (exact) mass is 401 g/mol. The van der Waals surface area contributed by atoms with Crippen molar-refractivity contribution in [3.63, 3.8) is 0 Å². The lowest BCUT2D eigenvalue weighted by Crippen LogP contribution is -2.51. The summed E-state index contributed by atoms with van der Waals surface area (Å²) in [6.07, 6.45) is 17.0. The Labute approximate surface area is 179 Å². The number of hydrogen-bond donors (Lipinski definition) is 0. The molecule has 29 heavy (non-hydrogen) atoms. The van der Waals surface area contributed by atoms with Crippen LogP contribution in [0.25, 0.3) is 0 Å². The molecule has 3 nitrogen and oxygen atoms in total. The van der Waals surface area contributed by atoms with Crippen molar-refractivity contribution in [2.75, 3.05) is 11.5 Å². The standard InChI is InChI=1S/C26H43NO2/c1-3-4-5-6-7-8-10-17-24-21-25(29-26-18-13-14-19-28-26)20-22(2)27(24)23-15-11-9-12-16-23/h9,11-12,15-16,22,24-26H,3-8,10,13-14,17-21H2,1-2H3/t22-,24+,25+,26?/m1/s1. The van der Waals surface area contributed by atoms with Crippen molar-refractivity contribution in [3.05, 3.63) is 30.3 Å². The third-order valence-corrected chi connectivity index (χ3v) is 6.68. The molecular formula is C26H43NO2. The van der Waals surface area contributed by atoms with Crippen molar-refractivity contribution in [2.24, 2.45) is 0 Å². The van der Waals surface area contributed by atoms with Gasteiger partial charge in [-0.05, 0) is 57.6 Å². The molecule has 3 rings (SSSR count). The zero-order chi connectivity index (χ0) is 20.3. The molecule has 0 amide bonds. The van der Waals surface area contributed by atoms with Gasteiger partial charge >= 0.3 is 0 Å². The average Bonchev–Trinajstić information content (AvgIpc) is 2.74. The normalized spacial score (nSPS) is 27.9. The molecule has 2 heterocycles. The second kappa shape index (κ2) is 12.6. The highest BCUT2D eigenvalue weighted by Gasteiger charge is 2.35. The summed E-state index contributed by atoms with van der Waals surface area (Å²) < 4.78 is 12.3. The van der Waals surface area contributed by atoms with Crippen molar-refractivity contribution in [3.8, 4) is 0 Å². The highest BCUT2D eigenvalue weighted by atomic mass is 16.7. The van der Waals surface area contributed by atoms with Crippen molar-refractivity contribution in [2.45, 2.75) is 122 Å². The molecule has 2 aliphatic heterocycles.